The highest BCUT2D eigenvalue weighted by Gasteiger charge is 2.16. The maximum Gasteiger partial charge on any atom is 0.328 e. The summed E-state index contributed by atoms with van der Waals surface area (Å²) < 4.78 is 40.2. The number of nitrogens with one attached hydrogen (secondary N) is 1. The Kier molecular flexibility index (Phi) is 5.02. The largest absolute Gasteiger partial charge is 0.478 e. The molecule has 120 valence electrons. The summed E-state index contributed by atoms with van der Waals surface area (Å²) in [6, 6.07) is 9.04. The molecular weight excluding hydrogens is 345 g/mol. The molecule has 0 spiro atoms. The molecular formula is C15H11ClFNO4S. The Bertz CT molecular complexity index is 864. The van der Waals surface area contributed by atoms with Gasteiger partial charge in [-0.1, -0.05) is 23.7 Å². The van der Waals surface area contributed by atoms with Crippen LogP contribution in [0.15, 0.2) is 53.4 Å². The minimum atomic E-state index is -3.97. The molecule has 0 amide bonds. The molecule has 2 rings (SSSR count). The Balaban J connectivity index is 2.24. The number of carbonyl (C=O) groups is 1. The van der Waals surface area contributed by atoms with Gasteiger partial charge in [-0.15, -0.1) is 0 Å². The molecule has 2 aromatic carbocycles. The average Bonchev–Trinajstić information content (AvgIpc) is 2.48. The Labute approximate surface area is 137 Å². The highest BCUT2D eigenvalue weighted by molar-refractivity contribution is 7.92. The van der Waals surface area contributed by atoms with Crippen LogP contribution in [0.3, 0.4) is 0 Å². The van der Waals surface area contributed by atoms with Crippen LogP contribution in [0.1, 0.15) is 5.56 Å². The van der Waals surface area contributed by atoms with E-state index >= 15 is 0 Å². The molecule has 0 aromatic heterocycles. The van der Waals surface area contributed by atoms with E-state index in [0.717, 1.165) is 12.1 Å². The molecule has 0 aliphatic carbocycles. The minimum Gasteiger partial charge on any atom is -0.478 e. The fourth-order valence-corrected chi connectivity index (χ4v) is 2.93. The normalized spacial score (nSPS) is 11.6. The molecule has 0 radical (unpaired) electrons. The van der Waals surface area contributed by atoms with E-state index in [1.54, 1.807) is 0 Å². The van der Waals surface area contributed by atoms with Crippen molar-refractivity contribution in [2.75, 3.05) is 4.72 Å². The fraction of sp³-hybridized carbons (Fsp3) is 0. The smallest absolute Gasteiger partial charge is 0.328 e. The first-order valence-electron chi connectivity index (χ1n) is 6.27. The summed E-state index contributed by atoms with van der Waals surface area (Å²) in [5.74, 6) is -1.90. The molecule has 0 bridgehead atoms. The van der Waals surface area contributed by atoms with Crippen LogP contribution in [0.5, 0.6) is 0 Å². The molecule has 0 aliphatic heterocycles. The zero-order valence-electron chi connectivity index (χ0n) is 11.5. The van der Waals surface area contributed by atoms with Crippen LogP contribution in [0.4, 0.5) is 10.1 Å². The number of carboxylic acid groups (broad SMARTS) is 1. The quantitative estimate of drug-likeness (QED) is 0.805. The van der Waals surface area contributed by atoms with Crippen LogP contribution >= 0.6 is 11.6 Å². The first-order valence-corrected chi connectivity index (χ1v) is 8.13. The number of rotatable bonds is 5. The van der Waals surface area contributed by atoms with Crippen molar-refractivity contribution >= 4 is 39.4 Å². The monoisotopic (exact) mass is 355 g/mol. The number of sulfonamides is 1. The molecule has 0 aliphatic rings. The maximum atomic E-state index is 13.7. The lowest BCUT2D eigenvalue weighted by atomic mass is 10.2. The predicted molar refractivity (Wildman–Crippen MR) is 85.3 cm³/mol. The van der Waals surface area contributed by atoms with Crippen molar-refractivity contribution in [2.24, 2.45) is 0 Å². The van der Waals surface area contributed by atoms with Crippen molar-refractivity contribution in [2.45, 2.75) is 4.90 Å². The number of hydrogen-bond donors (Lipinski definition) is 2. The molecule has 0 atom stereocenters. The topological polar surface area (TPSA) is 83.5 Å². The first kappa shape index (κ1) is 17.0. The van der Waals surface area contributed by atoms with Gasteiger partial charge in [0, 0.05) is 11.1 Å². The van der Waals surface area contributed by atoms with Crippen LogP contribution < -0.4 is 4.72 Å². The number of anilines is 1. The summed E-state index contributed by atoms with van der Waals surface area (Å²) in [6.45, 7) is 0. The van der Waals surface area contributed by atoms with Crippen LogP contribution in [0.25, 0.3) is 6.08 Å². The third-order valence-corrected chi connectivity index (χ3v) is 4.40. The van der Waals surface area contributed by atoms with Crippen LogP contribution in [0, 0.1) is 5.82 Å². The molecule has 2 aromatic rings. The second kappa shape index (κ2) is 6.80. The van der Waals surface area contributed by atoms with Gasteiger partial charge in [0.15, 0.2) is 0 Å². The van der Waals surface area contributed by atoms with Gasteiger partial charge in [-0.2, -0.15) is 0 Å². The molecule has 23 heavy (non-hydrogen) atoms. The van der Waals surface area contributed by atoms with Gasteiger partial charge in [-0.05, 0) is 42.0 Å². The van der Waals surface area contributed by atoms with Crippen LogP contribution in [0.2, 0.25) is 5.02 Å². The van der Waals surface area contributed by atoms with E-state index < -0.39 is 21.8 Å². The Morgan fingerprint density at radius 2 is 1.83 bits per heavy atom. The van der Waals surface area contributed by atoms with Gasteiger partial charge in [0.25, 0.3) is 10.0 Å². The highest BCUT2D eigenvalue weighted by Crippen LogP contribution is 2.22. The number of halogens is 2. The standard InChI is InChI=1S/C15H11ClFNO4S/c16-11-4-7-14(13(17)9-11)18-23(21,22)12-5-1-10(2-6-12)3-8-15(19)20/h1-9,18H,(H,19,20)/b8-3+. The Morgan fingerprint density at radius 3 is 2.39 bits per heavy atom. The lowest BCUT2D eigenvalue weighted by Gasteiger charge is -2.09. The zero-order valence-corrected chi connectivity index (χ0v) is 13.1. The van der Waals surface area contributed by atoms with Gasteiger partial charge in [0.1, 0.15) is 5.82 Å². The van der Waals surface area contributed by atoms with Crippen molar-refractivity contribution in [3.8, 4) is 0 Å². The molecule has 5 nitrogen and oxygen atoms in total. The van der Waals surface area contributed by atoms with E-state index in [4.69, 9.17) is 16.7 Å². The van der Waals surface area contributed by atoms with Crippen molar-refractivity contribution in [1.82, 2.24) is 0 Å². The van der Waals surface area contributed by atoms with Gasteiger partial charge < -0.3 is 5.11 Å². The first-order chi connectivity index (χ1) is 10.8. The van der Waals surface area contributed by atoms with Crippen molar-refractivity contribution < 1.29 is 22.7 Å². The van der Waals surface area contributed by atoms with E-state index in [0.29, 0.717) is 5.56 Å². The van der Waals surface area contributed by atoms with Crippen LogP contribution in [-0.4, -0.2) is 19.5 Å². The van der Waals surface area contributed by atoms with Gasteiger partial charge in [-0.25, -0.2) is 17.6 Å². The summed E-state index contributed by atoms with van der Waals surface area (Å²) in [6.07, 6.45) is 2.26. The van der Waals surface area contributed by atoms with E-state index in [2.05, 4.69) is 4.72 Å². The predicted octanol–water partition coefficient (Wildman–Crippen LogP) is 3.38. The summed E-state index contributed by atoms with van der Waals surface area (Å²) in [5, 5.41) is 8.68. The molecule has 0 unspecified atom stereocenters. The van der Waals surface area contributed by atoms with Crippen molar-refractivity contribution in [3.63, 3.8) is 0 Å². The minimum absolute atomic E-state index is 0.0840. The summed E-state index contributed by atoms with van der Waals surface area (Å²) in [7, 11) is -3.97. The van der Waals surface area contributed by atoms with Crippen LogP contribution in [-0.2, 0) is 14.8 Å². The van der Waals surface area contributed by atoms with Gasteiger partial charge in [-0.3, -0.25) is 4.72 Å². The van der Waals surface area contributed by atoms with E-state index in [-0.39, 0.29) is 15.6 Å². The number of hydrogen-bond acceptors (Lipinski definition) is 3. The van der Waals surface area contributed by atoms with E-state index in [1.807, 2.05) is 0 Å². The number of benzene rings is 2. The Hall–Kier alpha value is -2.38. The van der Waals surface area contributed by atoms with Gasteiger partial charge >= 0.3 is 5.97 Å². The molecule has 0 saturated carbocycles. The second-order valence-electron chi connectivity index (χ2n) is 4.47. The summed E-state index contributed by atoms with van der Waals surface area (Å²) in [4.78, 5) is 10.3. The van der Waals surface area contributed by atoms with Gasteiger partial charge in [0.05, 0.1) is 10.6 Å². The molecule has 0 saturated heterocycles. The number of aliphatic carboxylic acids is 1. The molecule has 2 N–H and O–H groups in total. The number of carboxylic acids is 1. The lowest BCUT2D eigenvalue weighted by molar-refractivity contribution is -0.131. The third kappa shape index (κ3) is 4.54. The Morgan fingerprint density at radius 1 is 1.17 bits per heavy atom. The van der Waals surface area contributed by atoms with Crippen molar-refractivity contribution in [1.29, 1.82) is 0 Å². The third-order valence-electron chi connectivity index (χ3n) is 2.78. The molecule has 0 fully saturated rings. The zero-order chi connectivity index (χ0) is 17.0. The average molecular weight is 356 g/mol. The van der Waals surface area contributed by atoms with Crippen molar-refractivity contribution in [3.05, 3.63) is 64.9 Å². The second-order valence-corrected chi connectivity index (χ2v) is 6.59. The highest BCUT2D eigenvalue weighted by atomic mass is 35.5. The van der Waals surface area contributed by atoms with E-state index in [9.17, 15) is 17.6 Å². The molecule has 8 heteroatoms. The van der Waals surface area contributed by atoms with Gasteiger partial charge in [0.2, 0.25) is 0 Å². The fourth-order valence-electron chi connectivity index (χ4n) is 1.70. The molecule has 0 heterocycles. The SMILES string of the molecule is O=C(O)/C=C/c1ccc(S(=O)(=O)Nc2ccc(Cl)cc2F)cc1. The van der Waals surface area contributed by atoms with E-state index in [1.165, 1.54) is 42.5 Å². The maximum absolute atomic E-state index is 13.7. The summed E-state index contributed by atoms with van der Waals surface area (Å²) >= 11 is 5.61. The lowest BCUT2D eigenvalue weighted by Crippen LogP contribution is -2.13. The summed E-state index contributed by atoms with van der Waals surface area (Å²) in [5.41, 5.74) is 0.299.